The summed E-state index contributed by atoms with van der Waals surface area (Å²) < 4.78 is 5.18. The van der Waals surface area contributed by atoms with Gasteiger partial charge in [0.15, 0.2) is 5.82 Å². The molecule has 0 aliphatic carbocycles. The van der Waals surface area contributed by atoms with Gasteiger partial charge in [0, 0.05) is 4.91 Å². The van der Waals surface area contributed by atoms with Crippen molar-refractivity contribution in [2.24, 2.45) is 5.11 Å². The topological polar surface area (TPSA) is 125 Å². The smallest absolute Gasteiger partial charge is 0.324 e. The van der Waals surface area contributed by atoms with E-state index >= 15 is 0 Å². The molecule has 0 radical (unpaired) electrons. The molecule has 2 rings (SSSR count). The molecule has 0 aliphatic heterocycles. The van der Waals surface area contributed by atoms with Crippen molar-refractivity contribution in [1.29, 1.82) is 0 Å². The minimum atomic E-state index is -0.517. The zero-order valence-corrected chi connectivity index (χ0v) is 11.9. The molecule has 0 atom stereocenters. The van der Waals surface area contributed by atoms with E-state index in [1.807, 2.05) is 13.0 Å². The number of amides is 2. The highest BCUT2D eigenvalue weighted by molar-refractivity contribution is 6.00. The van der Waals surface area contributed by atoms with E-state index in [2.05, 4.69) is 30.6 Å². The molecule has 0 unspecified atom stereocenters. The van der Waals surface area contributed by atoms with Crippen LogP contribution in [0.15, 0.2) is 35.7 Å². The molecule has 0 saturated carbocycles. The Bertz CT molecular complexity index is 741. The van der Waals surface area contributed by atoms with Gasteiger partial charge in [0.2, 0.25) is 0 Å². The standard InChI is InChI=1S/C13H13N7O2/c1-8-3-4-10(22-2)9(5-8)16-13(21)18-11-6-15-7-12(17-11)19-20-14/h3-7H,1-2H3,(H2,16,17,18,21). The predicted octanol–water partition coefficient (Wildman–Crippen LogP) is 3.38. The number of nitrogens with zero attached hydrogens (tertiary/aromatic N) is 5. The molecule has 0 fully saturated rings. The average molecular weight is 299 g/mol. The van der Waals surface area contributed by atoms with Crippen molar-refractivity contribution in [3.8, 4) is 5.75 Å². The first-order valence-corrected chi connectivity index (χ1v) is 6.22. The first-order chi connectivity index (χ1) is 10.6. The van der Waals surface area contributed by atoms with Crippen LogP contribution in [0.25, 0.3) is 10.4 Å². The average Bonchev–Trinajstić information content (AvgIpc) is 2.48. The Morgan fingerprint density at radius 2 is 2.18 bits per heavy atom. The lowest BCUT2D eigenvalue weighted by Crippen LogP contribution is -2.20. The first-order valence-electron chi connectivity index (χ1n) is 6.22. The summed E-state index contributed by atoms with van der Waals surface area (Å²) in [5, 5.41) is 8.47. The second kappa shape index (κ2) is 6.91. The molecule has 22 heavy (non-hydrogen) atoms. The Kier molecular flexibility index (Phi) is 4.74. The predicted molar refractivity (Wildman–Crippen MR) is 81.2 cm³/mol. The van der Waals surface area contributed by atoms with Crippen LogP contribution in [0, 0.1) is 6.92 Å². The van der Waals surface area contributed by atoms with Crippen LogP contribution in [0.2, 0.25) is 0 Å². The van der Waals surface area contributed by atoms with E-state index in [1.54, 1.807) is 12.1 Å². The number of azide groups is 1. The van der Waals surface area contributed by atoms with Crippen molar-refractivity contribution in [3.05, 3.63) is 46.6 Å². The number of rotatable bonds is 4. The fourth-order valence-corrected chi connectivity index (χ4v) is 1.70. The van der Waals surface area contributed by atoms with E-state index in [1.165, 1.54) is 19.5 Å². The number of anilines is 2. The van der Waals surface area contributed by atoms with Gasteiger partial charge in [-0.3, -0.25) is 10.3 Å². The Hall–Kier alpha value is -3.32. The van der Waals surface area contributed by atoms with Gasteiger partial charge in [0.1, 0.15) is 11.6 Å². The number of aromatic nitrogens is 2. The van der Waals surface area contributed by atoms with E-state index in [-0.39, 0.29) is 11.6 Å². The summed E-state index contributed by atoms with van der Waals surface area (Å²) in [6.45, 7) is 1.90. The van der Waals surface area contributed by atoms with Crippen LogP contribution >= 0.6 is 0 Å². The monoisotopic (exact) mass is 299 g/mol. The highest BCUT2D eigenvalue weighted by atomic mass is 16.5. The molecule has 2 N–H and O–H groups in total. The van der Waals surface area contributed by atoms with Crippen LogP contribution in [0.3, 0.4) is 0 Å². The number of ether oxygens (including phenoxy) is 1. The van der Waals surface area contributed by atoms with Crippen molar-refractivity contribution in [3.63, 3.8) is 0 Å². The van der Waals surface area contributed by atoms with Crippen molar-refractivity contribution < 1.29 is 9.53 Å². The molecule has 2 amide bonds. The van der Waals surface area contributed by atoms with Crippen molar-refractivity contribution in [2.75, 3.05) is 17.7 Å². The van der Waals surface area contributed by atoms with E-state index in [4.69, 9.17) is 10.3 Å². The summed E-state index contributed by atoms with van der Waals surface area (Å²) in [6, 6.07) is 4.89. The van der Waals surface area contributed by atoms with E-state index in [0.29, 0.717) is 11.4 Å². The fraction of sp³-hybridized carbons (Fsp3) is 0.154. The fourth-order valence-electron chi connectivity index (χ4n) is 1.70. The van der Waals surface area contributed by atoms with Gasteiger partial charge in [-0.25, -0.2) is 9.78 Å². The van der Waals surface area contributed by atoms with Gasteiger partial charge in [0.25, 0.3) is 0 Å². The van der Waals surface area contributed by atoms with E-state index in [9.17, 15) is 4.79 Å². The number of hydrogen-bond acceptors (Lipinski definition) is 5. The quantitative estimate of drug-likeness (QED) is 0.510. The zero-order valence-electron chi connectivity index (χ0n) is 11.9. The van der Waals surface area contributed by atoms with Gasteiger partial charge in [0.05, 0.1) is 25.2 Å². The molecule has 1 heterocycles. The minimum Gasteiger partial charge on any atom is -0.495 e. The van der Waals surface area contributed by atoms with Crippen LogP contribution in [-0.2, 0) is 0 Å². The Labute approximate surface area is 126 Å². The first kappa shape index (κ1) is 15.1. The number of aryl methyl sites for hydroxylation is 1. The largest absolute Gasteiger partial charge is 0.495 e. The lowest BCUT2D eigenvalue weighted by atomic mass is 10.2. The summed E-state index contributed by atoms with van der Waals surface area (Å²) in [4.78, 5) is 22.3. The summed E-state index contributed by atoms with van der Waals surface area (Å²) >= 11 is 0. The van der Waals surface area contributed by atoms with E-state index in [0.717, 1.165) is 5.56 Å². The van der Waals surface area contributed by atoms with Crippen molar-refractivity contribution in [2.45, 2.75) is 6.92 Å². The number of urea groups is 1. The summed E-state index contributed by atoms with van der Waals surface area (Å²) in [6.07, 6.45) is 2.62. The van der Waals surface area contributed by atoms with Crippen molar-refractivity contribution >= 4 is 23.4 Å². The summed E-state index contributed by atoms with van der Waals surface area (Å²) in [5.74, 6) is 0.761. The maximum absolute atomic E-state index is 12.0. The molecule has 1 aromatic heterocycles. The van der Waals surface area contributed by atoms with Gasteiger partial charge in [-0.1, -0.05) is 6.07 Å². The Morgan fingerprint density at radius 1 is 1.36 bits per heavy atom. The van der Waals surface area contributed by atoms with Gasteiger partial charge in [-0.15, -0.1) is 0 Å². The van der Waals surface area contributed by atoms with Crippen LogP contribution in [0.4, 0.5) is 22.1 Å². The molecule has 0 spiro atoms. The molecule has 2 aromatic rings. The van der Waals surface area contributed by atoms with Crippen molar-refractivity contribution in [1.82, 2.24) is 9.97 Å². The maximum Gasteiger partial charge on any atom is 0.324 e. The maximum atomic E-state index is 12.0. The third-order valence-electron chi connectivity index (χ3n) is 2.61. The Balaban J connectivity index is 2.12. The third-order valence-corrected chi connectivity index (χ3v) is 2.61. The van der Waals surface area contributed by atoms with Crippen LogP contribution in [-0.4, -0.2) is 23.1 Å². The normalized spacial score (nSPS) is 9.55. The van der Waals surface area contributed by atoms with E-state index < -0.39 is 6.03 Å². The molecule has 0 aliphatic rings. The van der Waals surface area contributed by atoms with Gasteiger partial charge < -0.3 is 10.1 Å². The number of carbonyl (C=O) groups is 1. The molecule has 9 heteroatoms. The third kappa shape index (κ3) is 3.84. The molecule has 0 saturated heterocycles. The highest BCUT2D eigenvalue weighted by Gasteiger charge is 2.09. The number of methoxy groups -OCH3 is 1. The molecule has 1 aromatic carbocycles. The second-order valence-corrected chi connectivity index (χ2v) is 4.23. The number of nitrogens with one attached hydrogen (secondary N) is 2. The number of carbonyl (C=O) groups excluding carboxylic acids is 1. The van der Waals surface area contributed by atoms with Crippen LogP contribution in [0.5, 0.6) is 5.75 Å². The molecular weight excluding hydrogens is 286 g/mol. The Morgan fingerprint density at radius 3 is 2.91 bits per heavy atom. The van der Waals surface area contributed by atoms with Gasteiger partial charge >= 0.3 is 6.03 Å². The van der Waals surface area contributed by atoms with Crippen LogP contribution in [0.1, 0.15) is 5.56 Å². The zero-order chi connectivity index (χ0) is 15.9. The lowest BCUT2D eigenvalue weighted by Gasteiger charge is -2.11. The lowest BCUT2D eigenvalue weighted by molar-refractivity contribution is 0.262. The molecule has 0 bridgehead atoms. The SMILES string of the molecule is COc1ccc(C)cc1NC(=O)Nc1cncc(N=[N+]=[N-])n1. The summed E-state index contributed by atoms with van der Waals surface area (Å²) in [5.41, 5.74) is 9.85. The molecular formula is C13H13N7O2. The highest BCUT2D eigenvalue weighted by Crippen LogP contribution is 2.25. The summed E-state index contributed by atoms with van der Waals surface area (Å²) in [7, 11) is 1.52. The molecule has 9 nitrogen and oxygen atoms in total. The van der Waals surface area contributed by atoms with Gasteiger partial charge in [-0.05, 0) is 35.3 Å². The number of benzene rings is 1. The minimum absolute atomic E-state index is 0.0634. The number of hydrogen-bond donors (Lipinski definition) is 2. The molecule has 112 valence electrons. The van der Waals surface area contributed by atoms with Gasteiger partial charge in [-0.2, -0.15) is 0 Å². The van der Waals surface area contributed by atoms with Crippen LogP contribution < -0.4 is 15.4 Å². The second-order valence-electron chi connectivity index (χ2n) is 4.23.